The summed E-state index contributed by atoms with van der Waals surface area (Å²) in [4.78, 5) is 18.1. The van der Waals surface area contributed by atoms with Crippen molar-refractivity contribution in [3.8, 4) is 0 Å². The Morgan fingerprint density at radius 2 is 2.44 bits per heavy atom. The standard InChI is InChI=1S/C12H13N3O/c1-15-10-6-3-7-13-11(10)14-9-5-2-4-8(9)12(15)16/h3-4,6-7,9H,2,5H2,1H3,(H,13,14). The van der Waals surface area contributed by atoms with Crippen LogP contribution >= 0.6 is 0 Å². The fourth-order valence-corrected chi connectivity index (χ4v) is 2.34. The number of carbonyl (C=O) groups excluding carboxylic acids is 1. The van der Waals surface area contributed by atoms with Gasteiger partial charge in [-0.05, 0) is 25.0 Å². The summed E-state index contributed by atoms with van der Waals surface area (Å²) in [6.45, 7) is 0. The van der Waals surface area contributed by atoms with Gasteiger partial charge in [0.15, 0.2) is 0 Å². The van der Waals surface area contributed by atoms with Crippen LogP contribution in [0.2, 0.25) is 0 Å². The summed E-state index contributed by atoms with van der Waals surface area (Å²) in [7, 11) is 1.80. The summed E-state index contributed by atoms with van der Waals surface area (Å²) < 4.78 is 0. The van der Waals surface area contributed by atoms with Gasteiger partial charge in [0.2, 0.25) is 0 Å². The van der Waals surface area contributed by atoms with Crippen molar-refractivity contribution in [2.45, 2.75) is 18.9 Å². The molecule has 0 spiro atoms. The van der Waals surface area contributed by atoms with Gasteiger partial charge in [-0.3, -0.25) is 4.79 Å². The van der Waals surface area contributed by atoms with Crippen molar-refractivity contribution < 1.29 is 4.79 Å². The highest BCUT2D eigenvalue weighted by molar-refractivity contribution is 6.09. The first kappa shape index (κ1) is 9.39. The van der Waals surface area contributed by atoms with Gasteiger partial charge >= 0.3 is 0 Å². The molecule has 2 heterocycles. The van der Waals surface area contributed by atoms with Gasteiger partial charge in [0.1, 0.15) is 5.82 Å². The maximum atomic E-state index is 12.2. The van der Waals surface area contributed by atoms with Crippen molar-refractivity contribution in [1.82, 2.24) is 4.98 Å². The van der Waals surface area contributed by atoms with Gasteiger partial charge in [-0.2, -0.15) is 0 Å². The van der Waals surface area contributed by atoms with E-state index in [9.17, 15) is 4.79 Å². The zero-order valence-electron chi connectivity index (χ0n) is 9.10. The number of fused-ring (bicyclic) bond motifs is 2. The SMILES string of the molecule is CN1C(=O)C2=CCCC2Nc2ncccc21. The van der Waals surface area contributed by atoms with E-state index in [1.165, 1.54) is 0 Å². The molecule has 0 fully saturated rings. The summed E-state index contributed by atoms with van der Waals surface area (Å²) in [5.41, 5.74) is 1.73. The molecular weight excluding hydrogens is 202 g/mol. The van der Waals surface area contributed by atoms with E-state index in [1.807, 2.05) is 18.2 Å². The van der Waals surface area contributed by atoms with Crippen LogP contribution in [0.4, 0.5) is 11.5 Å². The van der Waals surface area contributed by atoms with Crippen LogP contribution in [0.3, 0.4) is 0 Å². The number of rotatable bonds is 0. The second kappa shape index (κ2) is 3.33. The third-order valence-electron chi connectivity index (χ3n) is 3.21. The van der Waals surface area contributed by atoms with E-state index in [0.29, 0.717) is 0 Å². The Kier molecular flexibility index (Phi) is 1.96. The monoisotopic (exact) mass is 215 g/mol. The number of nitrogens with zero attached hydrogens (tertiary/aromatic N) is 2. The van der Waals surface area contributed by atoms with Crippen LogP contribution in [-0.2, 0) is 4.79 Å². The zero-order valence-corrected chi connectivity index (χ0v) is 9.10. The minimum Gasteiger partial charge on any atom is -0.361 e. The summed E-state index contributed by atoms with van der Waals surface area (Å²) in [6, 6.07) is 3.89. The first-order valence-electron chi connectivity index (χ1n) is 5.47. The molecule has 1 aliphatic heterocycles. The lowest BCUT2D eigenvalue weighted by Gasteiger charge is -2.15. The number of amides is 1. The predicted octanol–water partition coefficient (Wildman–Crippen LogP) is 1.56. The topological polar surface area (TPSA) is 45.2 Å². The highest BCUT2D eigenvalue weighted by Gasteiger charge is 2.32. The van der Waals surface area contributed by atoms with Gasteiger partial charge < -0.3 is 10.2 Å². The summed E-state index contributed by atoms with van der Waals surface area (Å²) in [5.74, 6) is 0.885. The summed E-state index contributed by atoms with van der Waals surface area (Å²) >= 11 is 0. The molecule has 1 N–H and O–H groups in total. The quantitative estimate of drug-likeness (QED) is 0.714. The number of nitrogens with one attached hydrogen (secondary N) is 1. The molecule has 3 rings (SSSR count). The highest BCUT2D eigenvalue weighted by Crippen LogP contribution is 2.33. The fourth-order valence-electron chi connectivity index (χ4n) is 2.34. The van der Waals surface area contributed by atoms with Crippen molar-refractivity contribution in [1.29, 1.82) is 0 Å². The molecule has 0 aromatic carbocycles. The van der Waals surface area contributed by atoms with Crippen LogP contribution in [0.1, 0.15) is 12.8 Å². The predicted molar refractivity (Wildman–Crippen MR) is 62.4 cm³/mol. The lowest BCUT2D eigenvalue weighted by molar-refractivity contribution is -0.114. The minimum atomic E-state index is 0.0850. The molecule has 82 valence electrons. The molecule has 4 heteroatoms. The number of aromatic nitrogens is 1. The van der Waals surface area contributed by atoms with E-state index in [2.05, 4.69) is 10.3 Å². The number of pyridine rings is 1. The highest BCUT2D eigenvalue weighted by atomic mass is 16.2. The van der Waals surface area contributed by atoms with E-state index in [1.54, 1.807) is 18.1 Å². The number of carbonyl (C=O) groups is 1. The lowest BCUT2D eigenvalue weighted by Crippen LogP contribution is -2.29. The molecule has 0 bridgehead atoms. The maximum Gasteiger partial charge on any atom is 0.255 e. The molecule has 1 atom stereocenters. The van der Waals surface area contributed by atoms with Crippen LogP contribution in [0.5, 0.6) is 0 Å². The van der Waals surface area contributed by atoms with Crippen LogP contribution in [0.15, 0.2) is 30.0 Å². The Morgan fingerprint density at radius 1 is 1.56 bits per heavy atom. The van der Waals surface area contributed by atoms with E-state index in [-0.39, 0.29) is 11.9 Å². The van der Waals surface area contributed by atoms with Crippen LogP contribution in [0, 0.1) is 0 Å². The van der Waals surface area contributed by atoms with E-state index in [0.717, 1.165) is 29.9 Å². The fraction of sp³-hybridized carbons (Fsp3) is 0.333. The Balaban J connectivity index is 2.12. The van der Waals surface area contributed by atoms with E-state index in [4.69, 9.17) is 0 Å². The minimum absolute atomic E-state index is 0.0850. The molecule has 1 aromatic rings. The maximum absolute atomic E-state index is 12.2. The Labute approximate surface area is 94.0 Å². The van der Waals surface area contributed by atoms with E-state index < -0.39 is 0 Å². The summed E-state index contributed by atoms with van der Waals surface area (Å²) in [5, 5.41) is 3.34. The normalized spacial score (nSPS) is 23.1. The average molecular weight is 215 g/mol. The molecular formula is C12H13N3O. The van der Waals surface area contributed by atoms with Gasteiger partial charge in [0.05, 0.1) is 11.7 Å². The Bertz CT molecular complexity index is 481. The second-order valence-electron chi connectivity index (χ2n) is 4.17. The van der Waals surface area contributed by atoms with Gasteiger partial charge in [-0.1, -0.05) is 6.08 Å². The van der Waals surface area contributed by atoms with Gasteiger partial charge in [0.25, 0.3) is 5.91 Å². The van der Waals surface area contributed by atoms with Gasteiger partial charge in [-0.15, -0.1) is 0 Å². The van der Waals surface area contributed by atoms with Crippen molar-refractivity contribution >= 4 is 17.4 Å². The zero-order chi connectivity index (χ0) is 11.1. The molecule has 1 amide bonds. The molecule has 1 aliphatic carbocycles. The molecule has 4 nitrogen and oxygen atoms in total. The first-order chi connectivity index (χ1) is 7.77. The van der Waals surface area contributed by atoms with Crippen molar-refractivity contribution in [3.63, 3.8) is 0 Å². The molecule has 0 saturated carbocycles. The largest absolute Gasteiger partial charge is 0.361 e. The molecule has 0 radical (unpaired) electrons. The first-order valence-corrected chi connectivity index (χ1v) is 5.47. The third-order valence-corrected chi connectivity index (χ3v) is 3.21. The number of allylic oxidation sites excluding steroid dienone is 1. The van der Waals surface area contributed by atoms with Gasteiger partial charge in [0, 0.05) is 18.8 Å². The molecule has 1 unspecified atom stereocenters. The molecule has 0 saturated heterocycles. The smallest absolute Gasteiger partial charge is 0.255 e. The number of likely N-dealkylation sites (N-methyl/N-ethyl adjacent to an activating group) is 1. The third kappa shape index (κ3) is 1.23. The van der Waals surface area contributed by atoms with Crippen molar-refractivity contribution in [2.24, 2.45) is 0 Å². The second-order valence-corrected chi connectivity index (χ2v) is 4.17. The number of hydrogen-bond acceptors (Lipinski definition) is 3. The lowest BCUT2D eigenvalue weighted by atomic mass is 10.1. The van der Waals surface area contributed by atoms with Crippen molar-refractivity contribution in [3.05, 3.63) is 30.0 Å². The molecule has 16 heavy (non-hydrogen) atoms. The summed E-state index contributed by atoms with van der Waals surface area (Å²) in [6.07, 6.45) is 5.72. The van der Waals surface area contributed by atoms with Crippen molar-refractivity contribution in [2.75, 3.05) is 17.3 Å². The van der Waals surface area contributed by atoms with Gasteiger partial charge in [-0.25, -0.2) is 4.98 Å². The van der Waals surface area contributed by atoms with Crippen LogP contribution in [0.25, 0.3) is 0 Å². The molecule has 1 aromatic heterocycles. The molecule has 2 aliphatic rings. The average Bonchev–Trinajstić information content (AvgIpc) is 2.72. The van der Waals surface area contributed by atoms with Crippen LogP contribution < -0.4 is 10.2 Å². The Hall–Kier alpha value is -1.84. The van der Waals surface area contributed by atoms with E-state index >= 15 is 0 Å². The number of anilines is 2. The Morgan fingerprint density at radius 3 is 3.31 bits per heavy atom. The van der Waals surface area contributed by atoms with Crippen LogP contribution in [-0.4, -0.2) is 24.0 Å². The number of hydrogen-bond donors (Lipinski definition) is 1.